The van der Waals surface area contributed by atoms with Gasteiger partial charge in [-0.25, -0.2) is 9.97 Å². The van der Waals surface area contributed by atoms with Gasteiger partial charge < -0.3 is 0 Å². The van der Waals surface area contributed by atoms with Gasteiger partial charge in [0, 0.05) is 40.6 Å². The molecule has 3 nitrogen and oxygen atoms in total. The summed E-state index contributed by atoms with van der Waals surface area (Å²) in [6, 6.07) is 52.1. The monoisotopic (exact) mass is 663 g/mol. The molecule has 3 heteroatoms. The minimum atomic E-state index is 0.288. The average molecular weight is 664 g/mol. The van der Waals surface area contributed by atoms with Crippen LogP contribution < -0.4 is 10.4 Å². The maximum absolute atomic E-state index is 5.35. The molecule has 52 heavy (non-hydrogen) atoms. The van der Waals surface area contributed by atoms with Gasteiger partial charge in [0.1, 0.15) is 0 Å². The average Bonchev–Trinajstić information content (AvgIpc) is 3.23. The summed E-state index contributed by atoms with van der Waals surface area (Å²) in [5, 5.41) is 7.51. The van der Waals surface area contributed by atoms with Crippen LogP contribution in [0.1, 0.15) is 12.2 Å². The molecule has 10 rings (SSSR count). The Morgan fingerprint density at radius 1 is 0.500 bits per heavy atom. The van der Waals surface area contributed by atoms with Crippen LogP contribution in [0.2, 0.25) is 0 Å². The Kier molecular flexibility index (Phi) is 7.28. The van der Waals surface area contributed by atoms with Gasteiger partial charge in [0.25, 0.3) is 0 Å². The normalized spacial score (nSPS) is 14.8. The third-order valence-corrected chi connectivity index (χ3v) is 10.5. The van der Waals surface area contributed by atoms with E-state index in [1.54, 1.807) is 0 Å². The van der Waals surface area contributed by atoms with Crippen molar-refractivity contribution in [2.24, 2.45) is 5.92 Å². The van der Waals surface area contributed by atoms with Crippen molar-refractivity contribution < 1.29 is 0 Å². The first-order valence-electron chi connectivity index (χ1n) is 17.9. The second-order valence-corrected chi connectivity index (χ2v) is 13.6. The fourth-order valence-electron chi connectivity index (χ4n) is 7.98. The van der Waals surface area contributed by atoms with Crippen LogP contribution in [-0.4, -0.2) is 15.0 Å². The second kappa shape index (κ2) is 12.6. The number of nitrogens with zero attached hydrogens (tertiary/aromatic N) is 3. The number of benzene rings is 6. The summed E-state index contributed by atoms with van der Waals surface area (Å²) >= 11 is 0. The standard InChI is InChI=1S/C49H33N3/c1-3-16-39-35(11-1)28-45(43-20-7-5-18-41(39)43)32-22-24-33(25-23-32)47-30-48(37-14-9-13-34(27-37)38-15-10-26-50-31-38)52-49(51-47)46-29-36-12-2-4-17-40(36)42-19-6-8-21-44(42)46/h1-28,30-31,36H,29H2. The first-order valence-corrected chi connectivity index (χ1v) is 17.9. The van der Waals surface area contributed by atoms with Crippen LogP contribution in [0.5, 0.6) is 0 Å². The van der Waals surface area contributed by atoms with E-state index < -0.39 is 0 Å². The topological polar surface area (TPSA) is 38.7 Å². The first-order chi connectivity index (χ1) is 25.8. The number of rotatable bonds is 5. The number of fused-ring (bicyclic) bond motifs is 5. The summed E-state index contributed by atoms with van der Waals surface area (Å²) in [7, 11) is 0. The van der Waals surface area contributed by atoms with E-state index in [1.807, 2.05) is 18.5 Å². The Bertz CT molecular complexity index is 2870. The Hall–Kier alpha value is -6.71. The minimum absolute atomic E-state index is 0.288. The number of hydrogen-bond donors (Lipinski definition) is 0. The Morgan fingerprint density at radius 2 is 1.21 bits per heavy atom. The van der Waals surface area contributed by atoms with Gasteiger partial charge in [-0.05, 0) is 84.9 Å². The number of pyridine rings is 1. The molecular formula is C49H33N3. The number of allylic oxidation sites excluding steroid dienone is 4. The predicted molar refractivity (Wildman–Crippen MR) is 215 cm³/mol. The van der Waals surface area contributed by atoms with Crippen molar-refractivity contribution in [3.05, 3.63) is 199 Å². The highest BCUT2D eigenvalue weighted by Crippen LogP contribution is 2.37. The Morgan fingerprint density at radius 3 is 2.06 bits per heavy atom. The zero-order valence-corrected chi connectivity index (χ0v) is 28.4. The van der Waals surface area contributed by atoms with Gasteiger partial charge in [-0.15, -0.1) is 0 Å². The molecule has 0 fully saturated rings. The van der Waals surface area contributed by atoms with Crippen molar-refractivity contribution in [2.75, 3.05) is 0 Å². The molecule has 0 saturated carbocycles. The second-order valence-electron chi connectivity index (χ2n) is 13.6. The molecule has 0 radical (unpaired) electrons. The van der Waals surface area contributed by atoms with Crippen LogP contribution in [0.25, 0.3) is 77.5 Å². The highest BCUT2D eigenvalue weighted by Gasteiger charge is 2.23. The Labute approximate surface area is 302 Å². The smallest absolute Gasteiger partial charge is 0.157 e. The lowest BCUT2D eigenvalue weighted by Gasteiger charge is -2.24. The van der Waals surface area contributed by atoms with Crippen LogP contribution in [0.15, 0.2) is 182 Å². The lowest BCUT2D eigenvalue weighted by atomic mass is 9.82. The number of hydrogen-bond acceptors (Lipinski definition) is 3. The van der Waals surface area contributed by atoms with Gasteiger partial charge in [-0.3, -0.25) is 4.98 Å². The maximum atomic E-state index is 5.35. The summed E-state index contributed by atoms with van der Waals surface area (Å²) in [5.41, 5.74) is 11.0. The molecule has 0 aliphatic heterocycles. The molecule has 2 heterocycles. The van der Waals surface area contributed by atoms with Gasteiger partial charge in [0.2, 0.25) is 0 Å². The molecule has 6 aromatic carbocycles. The zero-order valence-electron chi connectivity index (χ0n) is 28.4. The van der Waals surface area contributed by atoms with Crippen LogP contribution in [0.4, 0.5) is 0 Å². The van der Waals surface area contributed by atoms with Crippen LogP contribution in [0.3, 0.4) is 0 Å². The molecule has 2 aliphatic rings. The lowest BCUT2D eigenvalue weighted by Crippen LogP contribution is -2.35. The van der Waals surface area contributed by atoms with Crippen LogP contribution in [0, 0.1) is 5.92 Å². The molecule has 244 valence electrons. The van der Waals surface area contributed by atoms with E-state index in [9.17, 15) is 0 Å². The number of aromatic nitrogens is 3. The molecule has 1 unspecified atom stereocenters. The fraction of sp³-hybridized carbons (Fsp3) is 0.0408. The summed E-state index contributed by atoms with van der Waals surface area (Å²) < 4.78 is 0. The summed E-state index contributed by atoms with van der Waals surface area (Å²) in [6.45, 7) is 0. The van der Waals surface area contributed by atoms with Crippen molar-refractivity contribution in [3.8, 4) is 44.8 Å². The summed E-state index contributed by atoms with van der Waals surface area (Å²) in [6.07, 6.45) is 13.4. The summed E-state index contributed by atoms with van der Waals surface area (Å²) in [5.74, 6) is 1.06. The lowest BCUT2D eigenvalue weighted by molar-refractivity contribution is 0.834. The van der Waals surface area contributed by atoms with E-state index in [2.05, 4.69) is 169 Å². The van der Waals surface area contributed by atoms with E-state index >= 15 is 0 Å². The van der Waals surface area contributed by atoms with E-state index in [-0.39, 0.29) is 5.92 Å². The van der Waals surface area contributed by atoms with Gasteiger partial charge in [0.15, 0.2) is 5.82 Å². The van der Waals surface area contributed by atoms with E-state index in [0.29, 0.717) is 0 Å². The van der Waals surface area contributed by atoms with E-state index in [4.69, 9.17) is 9.97 Å². The van der Waals surface area contributed by atoms with Gasteiger partial charge >= 0.3 is 0 Å². The molecule has 1 atom stereocenters. The summed E-state index contributed by atoms with van der Waals surface area (Å²) in [4.78, 5) is 15.1. The third kappa shape index (κ3) is 5.26. The van der Waals surface area contributed by atoms with Crippen molar-refractivity contribution in [1.82, 2.24) is 15.0 Å². The predicted octanol–water partition coefficient (Wildman–Crippen LogP) is 10.3. The maximum Gasteiger partial charge on any atom is 0.157 e. The SMILES string of the molecule is C1=CC2=c3ccccc3=C(c3nc(-c4ccc(-c5cc6ccccc6c6ccccc56)cc4)cc(-c4cccc(-c5cccnc5)c4)n3)CC2C=C1. The quantitative estimate of drug-likeness (QED) is 0.172. The molecule has 0 N–H and O–H groups in total. The van der Waals surface area contributed by atoms with Gasteiger partial charge in [-0.1, -0.05) is 146 Å². The van der Waals surface area contributed by atoms with Gasteiger partial charge in [0.05, 0.1) is 11.4 Å². The van der Waals surface area contributed by atoms with E-state index in [0.717, 1.165) is 45.9 Å². The van der Waals surface area contributed by atoms with E-state index in [1.165, 1.54) is 54.3 Å². The van der Waals surface area contributed by atoms with Gasteiger partial charge in [-0.2, -0.15) is 0 Å². The molecule has 0 saturated heterocycles. The molecule has 0 bridgehead atoms. The fourth-order valence-corrected chi connectivity index (χ4v) is 7.98. The molecular weight excluding hydrogens is 631 g/mol. The van der Waals surface area contributed by atoms with Crippen LogP contribution >= 0.6 is 0 Å². The largest absolute Gasteiger partial charge is 0.264 e. The van der Waals surface area contributed by atoms with Crippen molar-refractivity contribution in [1.29, 1.82) is 0 Å². The molecule has 2 aliphatic carbocycles. The van der Waals surface area contributed by atoms with Crippen LogP contribution in [-0.2, 0) is 0 Å². The molecule has 2 aromatic heterocycles. The molecule has 0 spiro atoms. The van der Waals surface area contributed by atoms with Crippen molar-refractivity contribution in [3.63, 3.8) is 0 Å². The van der Waals surface area contributed by atoms with Crippen molar-refractivity contribution >= 4 is 32.7 Å². The first kappa shape index (κ1) is 30.1. The molecule has 0 amide bonds. The highest BCUT2D eigenvalue weighted by molar-refractivity contribution is 6.13. The Balaban J connectivity index is 1.15. The third-order valence-electron chi connectivity index (χ3n) is 10.5. The minimum Gasteiger partial charge on any atom is -0.264 e. The van der Waals surface area contributed by atoms with Crippen molar-refractivity contribution in [2.45, 2.75) is 6.42 Å². The highest BCUT2D eigenvalue weighted by atomic mass is 14.9. The molecule has 8 aromatic rings. The zero-order chi connectivity index (χ0) is 34.4.